The summed E-state index contributed by atoms with van der Waals surface area (Å²) in [6, 6.07) is 4.22. The molecule has 1 aliphatic heterocycles. The lowest BCUT2D eigenvalue weighted by Crippen LogP contribution is -2.26. The molecule has 3 heteroatoms. The van der Waals surface area contributed by atoms with E-state index >= 15 is 0 Å². The second-order valence-corrected chi connectivity index (χ2v) is 6.13. The van der Waals surface area contributed by atoms with Crippen molar-refractivity contribution in [2.45, 2.75) is 39.5 Å². The number of anilines is 1. The standard InChI is InChI=1S/C18H22N2O/c1-13-5-8-18(19-11-13)20-9-3-4-14(2)16-10-15(12-21)6-7-17(16)20/h5,8,10-12,14H,3-4,6-7,9H2,1-2H3. The molecule has 0 N–H and O–H groups in total. The van der Waals surface area contributed by atoms with Gasteiger partial charge in [-0.15, -0.1) is 0 Å². The normalized spacial score (nSPS) is 22.5. The molecule has 1 aromatic rings. The molecule has 1 unspecified atom stereocenters. The molecule has 2 aliphatic rings. The van der Waals surface area contributed by atoms with Gasteiger partial charge in [0.05, 0.1) is 0 Å². The molecule has 0 fully saturated rings. The second kappa shape index (κ2) is 5.84. The third-order valence-electron chi connectivity index (χ3n) is 4.52. The van der Waals surface area contributed by atoms with Crippen molar-refractivity contribution in [3.05, 3.63) is 46.8 Å². The Morgan fingerprint density at radius 1 is 1.33 bits per heavy atom. The summed E-state index contributed by atoms with van der Waals surface area (Å²) in [5.74, 6) is 1.55. The van der Waals surface area contributed by atoms with Crippen molar-refractivity contribution in [1.29, 1.82) is 0 Å². The average molecular weight is 282 g/mol. The van der Waals surface area contributed by atoms with Crippen LogP contribution in [0.5, 0.6) is 0 Å². The summed E-state index contributed by atoms with van der Waals surface area (Å²) in [7, 11) is 0. The van der Waals surface area contributed by atoms with Gasteiger partial charge < -0.3 is 4.90 Å². The van der Waals surface area contributed by atoms with Gasteiger partial charge in [0.25, 0.3) is 0 Å². The van der Waals surface area contributed by atoms with E-state index in [4.69, 9.17) is 0 Å². The fourth-order valence-corrected chi connectivity index (χ4v) is 3.29. The highest BCUT2D eigenvalue weighted by Crippen LogP contribution is 2.36. The zero-order valence-corrected chi connectivity index (χ0v) is 12.8. The van der Waals surface area contributed by atoms with Crippen molar-refractivity contribution in [3.8, 4) is 0 Å². The Bertz CT molecular complexity index is 598. The first-order valence-electron chi connectivity index (χ1n) is 7.78. The minimum absolute atomic E-state index is 0.519. The Morgan fingerprint density at radius 2 is 2.19 bits per heavy atom. The van der Waals surface area contributed by atoms with Gasteiger partial charge in [-0.3, -0.25) is 4.79 Å². The van der Waals surface area contributed by atoms with Gasteiger partial charge in [0.15, 0.2) is 0 Å². The van der Waals surface area contributed by atoms with E-state index in [9.17, 15) is 4.79 Å². The minimum Gasteiger partial charge on any atom is -0.330 e. The number of hydrogen-bond donors (Lipinski definition) is 0. The van der Waals surface area contributed by atoms with Crippen molar-refractivity contribution in [3.63, 3.8) is 0 Å². The summed E-state index contributed by atoms with van der Waals surface area (Å²) < 4.78 is 0. The monoisotopic (exact) mass is 282 g/mol. The maximum atomic E-state index is 11.1. The van der Waals surface area contributed by atoms with Crippen LogP contribution in [-0.4, -0.2) is 17.8 Å². The number of rotatable bonds is 2. The average Bonchev–Trinajstić information content (AvgIpc) is 2.67. The molecule has 2 heterocycles. The van der Waals surface area contributed by atoms with Crippen molar-refractivity contribution in [2.75, 3.05) is 11.4 Å². The van der Waals surface area contributed by atoms with E-state index in [1.807, 2.05) is 6.20 Å². The van der Waals surface area contributed by atoms with Crippen LogP contribution in [0.25, 0.3) is 0 Å². The van der Waals surface area contributed by atoms with Crippen LogP contribution in [0.3, 0.4) is 0 Å². The Morgan fingerprint density at radius 3 is 2.90 bits per heavy atom. The van der Waals surface area contributed by atoms with Crippen LogP contribution >= 0.6 is 0 Å². The second-order valence-electron chi connectivity index (χ2n) is 6.13. The molecule has 0 spiro atoms. The molecule has 3 nitrogen and oxygen atoms in total. The number of aromatic nitrogens is 1. The molecule has 0 saturated carbocycles. The van der Waals surface area contributed by atoms with Gasteiger partial charge in [-0.05, 0) is 61.3 Å². The third-order valence-corrected chi connectivity index (χ3v) is 4.52. The molecule has 1 aliphatic carbocycles. The predicted molar refractivity (Wildman–Crippen MR) is 85.1 cm³/mol. The minimum atomic E-state index is 0.519. The van der Waals surface area contributed by atoms with Gasteiger partial charge >= 0.3 is 0 Å². The van der Waals surface area contributed by atoms with Crippen molar-refractivity contribution in [1.82, 2.24) is 4.98 Å². The van der Waals surface area contributed by atoms with Crippen LogP contribution in [0.4, 0.5) is 5.82 Å². The van der Waals surface area contributed by atoms with Gasteiger partial charge in [0.2, 0.25) is 0 Å². The highest BCUT2D eigenvalue weighted by molar-refractivity contribution is 5.75. The zero-order valence-electron chi connectivity index (χ0n) is 12.8. The fourth-order valence-electron chi connectivity index (χ4n) is 3.29. The molecular weight excluding hydrogens is 260 g/mol. The molecule has 0 bridgehead atoms. The molecular formula is C18H22N2O. The van der Waals surface area contributed by atoms with E-state index < -0.39 is 0 Å². The highest BCUT2D eigenvalue weighted by atomic mass is 16.1. The molecule has 0 amide bonds. The maximum absolute atomic E-state index is 11.1. The van der Waals surface area contributed by atoms with Crippen LogP contribution in [0.1, 0.15) is 38.2 Å². The first-order chi connectivity index (χ1) is 10.2. The number of carbonyl (C=O) groups excluding carboxylic acids is 1. The number of carbonyl (C=O) groups is 1. The molecule has 110 valence electrons. The summed E-state index contributed by atoms with van der Waals surface area (Å²) >= 11 is 0. The lowest BCUT2D eigenvalue weighted by molar-refractivity contribution is -0.105. The lowest BCUT2D eigenvalue weighted by Gasteiger charge is -2.29. The van der Waals surface area contributed by atoms with Crippen LogP contribution in [0.15, 0.2) is 41.2 Å². The molecule has 3 rings (SSSR count). The number of allylic oxidation sites excluding steroid dienone is 4. The predicted octanol–water partition coefficient (Wildman–Crippen LogP) is 3.80. The summed E-state index contributed by atoms with van der Waals surface area (Å²) in [4.78, 5) is 18.1. The van der Waals surface area contributed by atoms with Crippen LogP contribution in [-0.2, 0) is 4.79 Å². The van der Waals surface area contributed by atoms with Gasteiger partial charge in [-0.1, -0.05) is 19.1 Å². The van der Waals surface area contributed by atoms with Crippen LogP contribution in [0, 0.1) is 12.8 Å². The molecule has 0 saturated heterocycles. The number of pyridine rings is 1. The Balaban J connectivity index is 2.03. The quantitative estimate of drug-likeness (QED) is 0.774. The van der Waals surface area contributed by atoms with Crippen molar-refractivity contribution < 1.29 is 4.79 Å². The largest absolute Gasteiger partial charge is 0.330 e. The van der Waals surface area contributed by atoms with Gasteiger partial charge in [-0.25, -0.2) is 4.98 Å². The van der Waals surface area contributed by atoms with Crippen molar-refractivity contribution in [2.24, 2.45) is 5.92 Å². The van der Waals surface area contributed by atoms with E-state index in [0.717, 1.165) is 43.5 Å². The number of aryl methyl sites for hydroxylation is 1. The van der Waals surface area contributed by atoms with Gasteiger partial charge in [-0.2, -0.15) is 0 Å². The third kappa shape index (κ3) is 2.78. The number of aldehydes is 1. The molecule has 1 atom stereocenters. The van der Waals surface area contributed by atoms with Crippen LogP contribution < -0.4 is 4.90 Å². The summed E-state index contributed by atoms with van der Waals surface area (Å²) in [5.41, 5.74) is 4.81. The number of hydrogen-bond acceptors (Lipinski definition) is 3. The fraction of sp³-hybridized carbons (Fsp3) is 0.444. The van der Waals surface area contributed by atoms with Crippen LogP contribution in [0.2, 0.25) is 0 Å². The Kier molecular flexibility index (Phi) is 3.91. The number of nitrogens with zero attached hydrogens (tertiary/aromatic N) is 2. The van der Waals surface area contributed by atoms with E-state index in [0.29, 0.717) is 5.92 Å². The Labute approximate surface area is 126 Å². The first-order valence-corrected chi connectivity index (χ1v) is 7.78. The topological polar surface area (TPSA) is 33.2 Å². The van der Waals surface area contributed by atoms with Gasteiger partial charge in [0.1, 0.15) is 12.1 Å². The molecule has 0 aromatic carbocycles. The van der Waals surface area contributed by atoms with E-state index in [1.54, 1.807) is 0 Å². The van der Waals surface area contributed by atoms with E-state index in [2.05, 4.69) is 41.9 Å². The van der Waals surface area contributed by atoms with E-state index in [1.165, 1.54) is 23.3 Å². The first kappa shape index (κ1) is 14.1. The Hall–Kier alpha value is -1.90. The lowest BCUT2D eigenvalue weighted by atomic mass is 9.88. The molecule has 1 aromatic heterocycles. The van der Waals surface area contributed by atoms with Gasteiger partial charge in [0, 0.05) is 18.4 Å². The molecule has 21 heavy (non-hydrogen) atoms. The molecule has 0 radical (unpaired) electrons. The summed E-state index contributed by atoms with van der Waals surface area (Å²) in [5, 5.41) is 0. The SMILES string of the molecule is Cc1ccc(N2CCCC(C)C3=C2CCC(C=O)=C3)nc1. The maximum Gasteiger partial charge on any atom is 0.146 e. The highest BCUT2D eigenvalue weighted by Gasteiger charge is 2.26. The zero-order chi connectivity index (χ0) is 14.8. The van der Waals surface area contributed by atoms with Crippen molar-refractivity contribution >= 4 is 12.1 Å². The van der Waals surface area contributed by atoms with E-state index in [-0.39, 0.29) is 0 Å². The summed E-state index contributed by atoms with van der Waals surface area (Å²) in [6.07, 6.45) is 9.17. The smallest absolute Gasteiger partial charge is 0.146 e. The summed E-state index contributed by atoms with van der Waals surface area (Å²) in [6.45, 7) is 5.35.